The molecule has 5 rings (SSSR count). The van der Waals surface area contributed by atoms with E-state index in [1.807, 2.05) is 13.0 Å². The van der Waals surface area contributed by atoms with Gasteiger partial charge in [-0.2, -0.15) is 0 Å². The predicted octanol–water partition coefficient (Wildman–Crippen LogP) is 2.81. The summed E-state index contributed by atoms with van der Waals surface area (Å²) in [5, 5.41) is 10.5. The van der Waals surface area contributed by atoms with Crippen molar-refractivity contribution >= 4 is 5.78 Å². The topological polar surface area (TPSA) is 68.3 Å². The smallest absolute Gasteiger partial charge is 0.159 e. The van der Waals surface area contributed by atoms with Crippen LogP contribution >= 0.6 is 0 Å². The van der Waals surface area contributed by atoms with Crippen LogP contribution in [-0.2, 0) is 19.3 Å². The lowest BCUT2D eigenvalue weighted by Crippen LogP contribution is -2.54. The van der Waals surface area contributed by atoms with Crippen LogP contribution in [0.25, 0.3) is 0 Å². The number of ether oxygens (including phenoxy) is 1. The highest BCUT2D eigenvalue weighted by Gasteiger charge is 2.64. The van der Waals surface area contributed by atoms with Crippen molar-refractivity contribution in [2.75, 3.05) is 13.2 Å². The van der Waals surface area contributed by atoms with Gasteiger partial charge in [-0.3, -0.25) is 4.79 Å². The molecular formula is C21H30O5. The summed E-state index contributed by atoms with van der Waals surface area (Å²) in [6, 6.07) is 0. The van der Waals surface area contributed by atoms with Crippen LogP contribution in [0.5, 0.6) is 0 Å². The highest BCUT2D eigenvalue weighted by molar-refractivity contribution is 5.95. The van der Waals surface area contributed by atoms with Gasteiger partial charge in [-0.1, -0.05) is 6.92 Å². The van der Waals surface area contributed by atoms with Gasteiger partial charge in [-0.25, -0.2) is 9.78 Å². The first kappa shape index (κ1) is 17.4. The highest BCUT2D eigenvalue weighted by atomic mass is 17.2. The maximum Gasteiger partial charge on any atom is 0.159 e. The molecule has 0 aromatic carbocycles. The van der Waals surface area contributed by atoms with Crippen molar-refractivity contribution in [2.45, 2.75) is 70.7 Å². The Morgan fingerprint density at radius 3 is 2.92 bits per heavy atom. The van der Waals surface area contributed by atoms with Crippen molar-refractivity contribution in [1.82, 2.24) is 0 Å². The molecule has 0 aromatic heterocycles. The molecule has 1 N–H and O–H groups in total. The molecule has 1 aliphatic heterocycles. The molecule has 0 amide bonds. The second kappa shape index (κ2) is 5.87. The Hall–Kier alpha value is -0.750. The van der Waals surface area contributed by atoms with Gasteiger partial charge >= 0.3 is 0 Å². The SMILES string of the molecule is CCOOC[C@]12CC[C@H]3[C@@H](C(=O)C=C4[C@@H]5O[C@@H]5CC[C@@]43C)[C@@H]1C[C@@H](O)C2. The predicted molar refractivity (Wildman–Crippen MR) is 94.0 cm³/mol. The number of carbonyl (C=O) groups is 1. The van der Waals surface area contributed by atoms with E-state index in [0.717, 1.165) is 32.1 Å². The molecule has 5 nitrogen and oxygen atoms in total. The fraction of sp³-hybridized carbons (Fsp3) is 0.857. The molecule has 26 heavy (non-hydrogen) atoms. The maximum absolute atomic E-state index is 13.2. The zero-order valence-electron chi connectivity index (χ0n) is 15.8. The zero-order chi connectivity index (χ0) is 18.1. The number of carbonyl (C=O) groups excluding carboxylic acids is 1. The molecule has 4 fully saturated rings. The lowest BCUT2D eigenvalue weighted by Gasteiger charge is -2.55. The van der Waals surface area contributed by atoms with Crippen LogP contribution in [-0.4, -0.2) is 42.4 Å². The number of epoxide rings is 1. The molecule has 144 valence electrons. The molecule has 8 atom stereocenters. The highest BCUT2D eigenvalue weighted by Crippen LogP contribution is 2.66. The van der Waals surface area contributed by atoms with E-state index in [-0.39, 0.29) is 40.7 Å². The maximum atomic E-state index is 13.2. The molecule has 1 heterocycles. The normalized spacial score (nSPS) is 51.8. The monoisotopic (exact) mass is 362 g/mol. The van der Waals surface area contributed by atoms with Crippen LogP contribution in [0.2, 0.25) is 0 Å². The van der Waals surface area contributed by atoms with Crippen LogP contribution < -0.4 is 0 Å². The van der Waals surface area contributed by atoms with E-state index >= 15 is 0 Å². The molecule has 5 heteroatoms. The molecule has 0 unspecified atom stereocenters. The molecule has 0 aromatic rings. The number of aliphatic hydroxyl groups is 1. The number of aliphatic hydroxyl groups excluding tert-OH is 1. The Morgan fingerprint density at radius 1 is 1.27 bits per heavy atom. The molecule has 4 aliphatic carbocycles. The number of ketones is 1. The number of rotatable bonds is 4. The summed E-state index contributed by atoms with van der Waals surface area (Å²) >= 11 is 0. The molecule has 3 saturated carbocycles. The molecule has 5 aliphatic rings. The average Bonchev–Trinajstić information content (AvgIpc) is 3.31. The van der Waals surface area contributed by atoms with Crippen molar-refractivity contribution < 1.29 is 24.4 Å². The largest absolute Gasteiger partial charge is 0.393 e. The van der Waals surface area contributed by atoms with Crippen molar-refractivity contribution in [3.8, 4) is 0 Å². The third kappa shape index (κ3) is 2.33. The second-order valence-corrected chi connectivity index (χ2v) is 9.46. The van der Waals surface area contributed by atoms with E-state index in [2.05, 4.69) is 6.92 Å². The molecule has 1 saturated heterocycles. The van der Waals surface area contributed by atoms with E-state index in [0.29, 0.717) is 31.7 Å². The quantitative estimate of drug-likeness (QED) is 0.360. The average molecular weight is 362 g/mol. The number of hydrogen-bond acceptors (Lipinski definition) is 5. The first-order valence-corrected chi connectivity index (χ1v) is 10.3. The molecule has 0 bridgehead atoms. The van der Waals surface area contributed by atoms with Gasteiger partial charge in [0.15, 0.2) is 5.78 Å². The van der Waals surface area contributed by atoms with Gasteiger partial charge in [-0.15, -0.1) is 0 Å². The van der Waals surface area contributed by atoms with Gasteiger partial charge in [0, 0.05) is 11.3 Å². The van der Waals surface area contributed by atoms with E-state index in [4.69, 9.17) is 14.5 Å². The molecule has 0 spiro atoms. The van der Waals surface area contributed by atoms with Gasteiger partial charge in [0.25, 0.3) is 0 Å². The minimum Gasteiger partial charge on any atom is -0.393 e. The van der Waals surface area contributed by atoms with Crippen molar-refractivity contribution in [3.63, 3.8) is 0 Å². The number of hydrogen-bond donors (Lipinski definition) is 1. The van der Waals surface area contributed by atoms with E-state index in [1.165, 1.54) is 5.57 Å². The second-order valence-electron chi connectivity index (χ2n) is 9.46. The van der Waals surface area contributed by atoms with Crippen molar-refractivity contribution in [2.24, 2.45) is 28.6 Å². The lowest BCUT2D eigenvalue weighted by molar-refractivity contribution is -0.313. The van der Waals surface area contributed by atoms with Crippen LogP contribution in [0.15, 0.2) is 11.6 Å². The van der Waals surface area contributed by atoms with E-state index < -0.39 is 0 Å². The minimum atomic E-state index is -0.336. The van der Waals surface area contributed by atoms with Crippen molar-refractivity contribution in [3.05, 3.63) is 11.6 Å². The fourth-order valence-electron chi connectivity index (χ4n) is 7.00. The Kier molecular flexibility index (Phi) is 3.92. The van der Waals surface area contributed by atoms with E-state index in [1.54, 1.807) is 0 Å². The third-order valence-electron chi connectivity index (χ3n) is 8.26. The van der Waals surface area contributed by atoms with Crippen LogP contribution in [0.4, 0.5) is 0 Å². The van der Waals surface area contributed by atoms with Crippen LogP contribution in [0.1, 0.15) is 52.4 Å². The summed E-state index contributed by atoms with van der Waals surface area (Å²) in [7, 11) is 0. The summed E-state index contributed by atoms with van der Waals surface area (Å²) in [5.41, 5.74) is 1.22. The van der Waals surface area contributed by atoms with Gasteiger partial charge in [0.05, 0.1) is 25.4 Å². The van der Waals surface area contributed by atoms with E-state index in [9.17, 15) is 9.90 Å². The summed E-state index contributed by atoms with van der Waals surface area (Å²) in [4.78, 5) is 23.9. The number of allylic oxidation sites excluding steroid dienone is 1. The first-order chi connectivity index (χ1) is 12.5. The first-order valence-electron chi connectivity index (χ1n) is 10.3. The summed E-state index contributed by atoms with van der Waals surface area (Å²) in [6.07, 6.45) is 7.84. The Labute approximate surface area is 155 Å². The Morgan fingerprint density at radius 2 is 2.12 bits per heavy atom. The summed E-state index contributed by atoms with van der Waals surface area (Å²) < 4.78 is 5.83. The standard InChI is InChI=1S/C21H30O5/c1-3-24-25-11-21-7-4-13-18(14(21)8-12(22)10-21)16(23)9-15-19-17(26-19)5-6-20(13,15)2/h9,12-14,17-19,22H,3-8,10-11H2,1-2H3/t12-,13+,14+,17-,18-,19+,20-,21-/m1/s1. The lowest BCUT2D eigenvalue weighted by atomic mass is 9.48. The Bertz CT molecular complexity index is 644. The van der Waals surface area contributed by atoms with Gasteiger partial charge < -0.3 is 9.84 Å². The fourth-order valence-corrected chi connectivity index (χ4v) is 7.00. The third-order valence-corrected chi connectivity index (χ3v) is 8.26. The zero-order valence-corrected chi connectivity index (χ0v) is 15.8. The van der Waals surface area contributed by atoms with Gasteiger partial charge in [-0.05, 0) is 74.3 Å². The number of fused-ring (bicyclic) bond motifs is 7. The van der Waals surface area contributed by atoms with Crippen LogP contribution in [0, 0.1) is 28.6 Å². The summed E-state index contributed by atoms with van der Waals surface area (Å²) in [5.74, 6) is 0.834. The van der Waals surface area contributed by atoms with Gasteiger partial charge in [0.2, 0.25) is 0 Å². The molecule has 0 radical (unpaired) electrons. The van der Waals surface area contributed by atoms with Gasteiger partial charge in [0.1, 0.15) is 6.10 Å². The Balaban J connectivity index is 1.48. The van der Waals surface area contributed by atoms with Crippen molar-refractivity contribution in [1.29, 1.82) is 0 Å². The summed E-state index contributed by atoms with van der Waals surface area (Å²) in [6.45, 7) is 5.26. The minimum absolute atomic E-state index is 0.00942. The molecular weight excluding hydrogens is 332 g/mol. The van der Waals surface area contributed by atoms with Crippen LogP contribution in [0.3, 0.4) is 0 Å².